The fourth-order valence-corrected chi connectivity index (χ4v) is 2.12. The molecule has 0 aromatic rings. The lowest BCUT2D eigenvalue weighted by Gasteiger charge is -2.37. The largest absolute Gasteiger partial charge is 0.481 e. The topological polar surface area (TPSA) is 63.3 Å². The van der Waals surface area contributed by atoms with E-state index in [1.165, 1.54) is 0 Å². The highest BCUT2D eigenvalue weighted by Crippen LogP contribution is 2.40. The minimum atomic E-state index is -0.711. The first-order chi connectivity index (χ1) is 5.63. The van der Waals surface area contributed by atoms with Crippen LogP contribution in [0.15, 0.2) is 0 Å². The third-order valence-corrected chi connectivity index (χ3v) is 3.24. The molecule has 3 heteroatoms. The number of carboxylic acid groups (broad SMARTS) is 1. The van der Waals surface area contributed by atoms with Crippen molar-refractivity contribution in [3.8, 4) is 0 Å². The Kier molecular flexibility index (Phi) is 2.73. The van der Waals surface area contributed by atoms with Crippen LogP contribution in [-0.2, 0) is 4.79 Å². The molecule has 3 nitrogen and oxygen atoms in total. The highest BCUT2D eigenvalue weighted by molar-refractivity contribution is 5.75. The molecule has 0 aromatic carbocycles. The van der Waals surface area contributed by atoms with Crippen LogP contribution in [0.2, 0.25) is 0 Å². The molecule has 1 aliphatic rings. The fourth-order valence-electron chi connectivity index (χ4n) is 2.12. The summed E-state index contributed by atoms with van der Waals surface area (Å²) in [6.45, 7) is 2.28. The summed E-state index contributed by atoms with van der Waals surface area (Å²) in [4.78, 5) is 11.0. The van der Waals surface area contributed by atoms with Gasteiger partial charge in [0, 0.05) is 6.54 Å². The van der Waals surface area contributed by atoms with Crippen LogP contribution in [0.1, 0.15) is 32.6 Å². The van der Waals surface area contributed by atoms with Crippen LogP contribution in [0.25, 0.3) is 0 Å². The fraction of sp³-hybridized carbons (Fsp3) is 0.889. The van der Waals surface area contributed by atoms with Crippen molar-refractivity contribution >= 4 is 5.97 Å². The molecule has 0 amide bonds. The van der Waals surface area contributed by atoms with Gasteiger partial charge in [-0.25, -0.2) is 0 Å². The van der Waals surface area contributed by atoms with Crippen LogP contribution >= 0.6 is 0 Å². The predicted molar refractivity (Wildman–Crippen MR) is 46.8 cm³/mol. The summed E-state index contributed by atoms with van der Waals surface area (Å²) < 4.78 is 0. The molecule has 0 radical (unpaired) electrons. The van der Waals surface area contributed by atoms with E-state index in [2.05, 4.69) is 0 Å². The molecule has 0 saturated heterocycles. The van der Waals surface area contributed by atoms with Crippen LogP contribution < -0.4 is 5.73 Å². The number of hydrogen-bond acceptors (Lipinski definition) is 2. The van der Waals surface area contributed by atoms with Gasteiger partial charge in [0.2, 0.25) is 0 Å². The highest BCUT2D eigenvalue weighted by Gasteiger charge is 2.43. The second-order valence-corrected chi connectivity index (χ2v) is 3.81. The van der Waals surface area contributed by atoms with Crippen LogP contribution in [-0.4, -0.2) is 17.6 Å². The smallest absolute Gasteiger partial charge is 0.311 e. The Labute approximate surface area is 72.9 Å². The summed E-state index contributed by atoms with van der Waals surface area (Å²) >= 11 is 0. The van der Waals surface area contributed by atoms with Gasteiger partial charge in [-0.05, 0) is 18.8 Å². The van der Waals surface area contributed by atoms with Crippen LogP contribution in [0.3, 0.4) is 0 Å². The summed E-state index contributed by atoms with van der Waals surface area (Å²) in [6, 6.07) is 0. The minimum Gasteiger partial charge on any atom is -0.481 e. The SMILES string of the molecule is CC1CCCCC1(CN)C(=O)O. The summed E-state index contributed by atoms with van der Waals surface area (Å²) in [7, 11) is 0. The number of hydrogen-bond donors (Lipinski definition) is 2. The molecule has 1 aliphatic carbocycles. The monoisotopic (exact) mass is 171 g/mol. The average molecular weight is 171 g/mol. The molecule has 1 rings (SSSR count). The van der Waals surface area contributed by atoms with Crippen LogP contribution in [0, 0.1) is 11.3 Å². The Morgan fingerprint density at radius 3 is 2.67 bits per heavy atom. The first kappa shape index (κ1) is 9.52. The Bertz CT molecular complexity index is 181. The van der Waals surface area contributed by atoms with E-state index in [0.29, 0.717) is 0 Å². The van der Waals surface area contributed by atoms with E-state index in [1.807, 2.05) is 6.92 Å². The molecule has 0 spiro atoms. The first-order valence-electron chi connectivity index (χ1n) is 4.57. The van der Waals surface area contributed by atoms with E-state index in [1.54, 1.807) is 0 Å². The number of rotatable bonds is 2. The molecule has 1 fully saturated rings. The van der Waals surface area contributed by atoms with E-state index in [4.69, 9.17) is 10.8 Å². The highest BCUT2D eigenvalue weighted by atomic mass is 16.4. The molecule has 2 atom stereocenters. The van der Waals surface area contributed by atoms with Crippen molar-refractivity contribution in [1.82, 2.24) is 0 Å². The van der Waals surface area contributed by atoms with Gasteiger partial charge in [0.25, 0.3) is 0 Å². The third kappa shape index (κ3) is 1.33. The minimum absolute atomic E-state index is 0.230. The van der Waals surface area contributed by atoms with Crippen molar-refractivity contribution in [2.24, 2.45) is 17.1 Å². The molecule has 70 valence electrons. The normalized spacial score (nSPS) is 36.3. The number of carboxylic acids is 1. The zero-order valence-corrected chi connectivity index (χ0v) is 7.55. The van der Waals surface area contributed by atoms with Gasteiger partial charge in [0.1, 0.15) is 0 Å². The molecule has 0 aliphatic heterocycles. The molecule has 3 N–H and O–H groups in total. The van der Waals surface area contributed by atoms with Gasteiger partial charge in [0.15, 0.2) is 0 Å². The summed E-state index contributed by atoms with van der Waals surface area (Å²) in [6.07, 6.45) is 3.91. The van der Waals surface area contributed by atoms with Gasteiger partial charge in [-0.1, -0.05) is 19.8 Å². The zero-order chi connectivity index (χ0) is 9.19. The van der Waals surface area contributed by atoms with Crippen molar-refractivity contribution in [1.29, 1.82) is 0 Å². The predicted octanol–water partition coefficient (Wildman–Crippen LogP) is 1.23. The molecule has 0 aromatic heterocycles. The third-order valence-electron chi connectivity index (χ3n) is 3.24. The molecule has 0 bridgehead atoms. The Morgan fingerprint density at radius 2 is 2.33 bits per heavy atom. The first-order valence-corrected chi connectivity index (χ1v) is 4.57. The maximum atomic E-state index is 11.0. The summed E-state index contributed by atoms with van der Waals surface area (Å²) in [5.41, 5.74) is 4.92. The maximum absolute atomic E-state index is 11.0. The second kappa shape index (κ2) is 3.44. The Morgan fingerprint density at radius 1 is 1.67 bits per heavy atom. The average Bonchev–Trinajstić information content (AvgIpc) is 2.05. The standard InChI is InChI=1S/C9H17NO2/c1-7-4-2-3-5-9(7,6-10)8(11)12/h7H,2-6,10H2,1H3,(H,11,12). The molecule has 1 saturated carbocycles. The maximum Gasteiger partial charge on any atom is 0.311 e. The lowest BCUT2D eigenvalue weighted by molar-refractivity contribution is -0.153. The van der Waals surface area contributed by atoms with E-state index in [0.717, 1.165) is 25.7 Å². The second-order valence-electron chi connectivity index (χ2n) is 3.81. The zero-order valence-electron chi connectivity index (χ0n) is 7.55. The van der Waals surface area contributed by atoms with Gasteiger partial charge >= 0.3 is 5.97 Å². The molecule has 12 heavy (non-hydrogen) atoms. The van der Waals surface area contributed by atoms with Gasteiger partial charge in [-0.2, -0.15) is 0 Å². The molecular formula is C9H17NO2. The van der Waals surface area contributed by atoms with Gasteiger partial charge < -0.3 is 10.8 Å². The van der Waals surface area contributed by atoms with Gasteiger partial charge in [0.05, 0.1) is 5.41 Å². The number of carbonyl (C=O) groups is 1. The summed E-state index contributed by atoms with van der Waals surface area (Å²) in [5.74, 6) is -0.481. The molecule has 0 heterocycles. The van der Waals surface area contributed by atoms with Crippen molar-refractivity contribution in [3.63, 3.8) is 0 Å². The van der Waals surface area contributed by atoms with E-state index in [9.17, 15) is 4.79 Å². The molecular weight excluding hydrogens is 154 g/mol. The lowest BCUT2D eigenvalue weighted by atomic mass is 9.67. The lowest BCUT2D eigenvalue weighted by Crippen LogP contribution is -2.45. The van der Waals surface area contributed by atoms with Gasteiger partial charge in [-0.3, -0.25) is 4.79 Å². The quantitative estimate of drug-likeness (QED) is 0.656. The van der Waals surface area contributed by atoms with Crippen molar-refractivity contribution < 1.29 is 9.90 Å². The number of aliphatic carboxylic acids is 1. The van der Waals surface area contributed by atoms with Crippen molar-refractivity contribution in [2.75, 3.05) is 6.54 Å². The Balaban J connectivity index is 2.81. The van der Waals surface area contributed by atoms with Crippen LogP contribution in [0.5, 0.6) is 0 Å². The molecule has 2 unspecified atom stereocenters. The van der Waals surface area contributed by atoms with Crippen molar-refractivity contribution in [2.45, 2.75) is 32.6 Å². The van der Waals surface area contributed by atoms with Gasteiger partial charge in [-0.15, -0.1) is 0 Å². The van der Waals surface area contributed by atoms with E-state index < -0.39 is 11.4 Å². The van der Waals surface area contributed by atoms with Crippen LogP contribution in [0.4, 0.5) is 0 Å². The van der Waals surface area contributed by atoms with Crippen molar-refractivity contribution in [3.05, 3.63) is 0 Å². The summed E-state index contributed by atoms with van der Waals surface area (Å²) in [5, 5.41) is 9.08. The Hall–Kier alpha value is -0.570. The van der Waals surface area contributed by atoms with E-state index in [-0.39, 0.29) is 12.5 Å². The number of nitrogens with two attached hydrogens (primary N) is 1. The van der Waals surface area contributed by atoms with E-state index >= 15 is 0 Å².